The van der Waals surface area contributed by atoms with E-state index in [4.69, 9.17) is 4.74 Å². The monoisotopic (exact) mass is 367 g/mol. The molecule has 4 nitrogen and oxygen atoms in total. The van der Waals surface area contributed by atoms with Crippen molar-refractivity contribution in [3.05, 3.63) is 83.3 Å². The molecular weight excluding hydrogens is 341 g/mol. The number of halogens is 1. The summed E-state index contributed by atoms with van der Waals surface area (Å²) < 4.78 is 21.8. The van der Waals surface area contributed by atoms with E-state index in [0.717, 1.165) is 25.1 Å². The lowest BCUT2D eigenvalue weighted by molar-refractivity contribution is 0.270. The van der Waals surface area contributed by atoms with Crippen LogP contribution in [0, 0.1) is 5.82 Å². The molecule has 0 unspecified atom stereocenters. The maximum atomic E-state index is 14.1. The van der Waals surface area contributed by atoms with Crippen LogP contribution in [-0.2, 0) is 13.0 Å². The molecule has 3 rings (SSSR count). The summed E-state index contributed by atoms with van der Waals surface area (Å²) in [5, 5.41) is 4.57. The van der Waals surface area contributed by atoms with Gasteiger partial charge in [-0.05, 0) is 32.1 Å². The van der Waals surface area contributed by atoms with Crippen LogP contribution in [0.5, 0.6) is 5.88 Å². The fraction of sp³-hybridized carbons (Fsp3) is 0.318. The minimum Gasteiger partial charge on any atom is -0.477 e. The topological polar surface area (TPSA) is 30.3 Å². The van der Waals surface area contributed by atoms with Gasteiger partial charge in [-0.25, -0.2) is 4.39 Å². The highest BCUT2D eigenvalue weighted by Gasteiger charge is 2.12. The first kappa shape index (κ1) is 19.1. The molecule has 0 amide bonds. The van der Waals surface area contributed by atoms with Crippen LogP contribution >= 0.6 is 0 Å². The van der Waals surface area contributed by atoms with E-state index in [1.165, 1.54) is 11.6 Å². The maximum absolute atomic E-state index is 14.1. The maximum Gasteiger partial charge on any atom is 0.233 e. The molecule has 27 heavy (non-hydrogen) atoms. The Morgan fingerprint density at radius 1 is 1.04 bits per heavy atom. The van der Waals surface area contributed by atoms with E-state index in [0.29, 0.717) is 24.6 Å². The van der Waals surface area contributed by atoms with Gasteiger partial charge in [0.2, 0.25) is 5.88 Å². The van der Waals surface area contributed by atoms with Crippen LogP contribution in [0.25, 0.3) is 0 Å². The third-order valence-electron chi connectivity index (χ3n) is 4.35. The lowest BCUT2D eigenvalue weighted by Gasteiger charge is -2.09. The second kappa shape index (κ2) is 9.33. The zero-order chi connectivity index (χ0) is 19.1. The van der Waals surface area contributed by atoms with Gasteiger partial charge < -0.3 is 9.64 Å². The second-order valence-corrected chi connectivity index (χ2v) is 6.89. The van der Waals surface area contributed by atoms with Crippen molar-refractivity contribution in [2.24, 2.45) is 0 Å². The van der Waals surface area contributed by atoms with E-state index >= 15 is 0 Å². The van der Waals surface area contributed by atoms with E-state index in [-0.39, 0.29) is 5.82 Å². The summed E-state index contributed by atoms with van der Waals surface area (Å²) >= 11 is 0. The van der Waals surface area contributed by atoms with Gasteiger partial charge in [-0.1, -0.05) is 48.5 Å². The molecule has 0 bridgehead atoms. The first-order valence-corrected chi connectivity index (χ1v) is 9.23. The predicted octanol–water partition coefficient (Wildman–Crippen LogP) is 3.99. The number of aromatic nitrogens is 2. The molecule has 0 fully saturated rings. The van der Waals surface area contributed by atoms with Crippen molar-refractivity contribution in [1.82, 2.24) is 14.7 Å². The first-order valence-electron chi connectivity index (χ1n) is 9.23. The quantitative estimate of drug-likeness (QED) is 0.536. The molecule has 3 aromatic rings. The van der Waals surface area contributed by atoms with Crippen LogP contribution < -0.4 is 4.74 Å². The van der Waals surface area contributed by atoms with E-state index in [2.05, 4.69) is 22.1 Å². The summed E-state index contributed by atoms with van der Waals surface area (Å²) in [5.41, 5.74) is 2.81. The summed E-state index contributed by atoms with van der Waals surface area (Å²) in [6.07, 6.45) is 1.66. The minimum absolute atomic E-state index is 0.216. The van der Waals surface area contributed by atoms with Crippen molar-refractivity contribution in [2.45, 2.75) is 19.4 Å². The average Bonchev–Trinajstić information content (AvgIpc) is 3.03. The summed E-state index contributed by atoms with van der Waals surface area (Å²) in [6, 6.07) is 19.0. The van der Waals surface area contributed by atoms with Gasteiger partial charge in [0.15, 0.2) is 0 Å². The van der Waals surface area contributed by atoms with E-state index < -0.39 is 0 Å². The van der Waals surface area contributed by atoms with Gasteiger partial charge in [0.05, 0.1) is 13.2 Å². The van der Waals surface area contributed by atoms with Gasteiger partial charge in [-0.2, -0.15) is 0 Å². The second-order valence-electron chi connectivity index (χ2n) is 6.89. The molecular formula is C22H26FN3O. The fourth-order valence-corrected chi connectivity index (χ4v) is 2.93. The Kier molecular flexibility index (Phi) is 6.60. The fourth-order valence-electron chi connectivity index (χ4n) is 2.93. The number of nitrogens with zero attached hydrogens (tertiary/aromatic N) is 3. The number of ether oxygens (including phenoxy) is 1. The van der Waals surface area contributed by atoms with Crippen LogP contribution in [0.15, 0.2) is 60.7 Å². The Morgan fingerprint density at radius 3 is 2.52 bits per heavy atom. The lowest BCUT2D eigenvalue weighted by Crippen LogP contribution is -2.15. The molecule has 5 heteroatoms. The van der Waals surface area contributed by atoms with Crippen molar-refractivity contribution in [2.75, 3.05) is 27.2 Å². The van der Waals surface area contributed by atoms with Gasteiger partial charge in [0.1, 0.15) is 5.82 Å². The smallest absolute Gasteiger partial charge is 0.233 e. The van der Waals surface area contributed by atoms with Crippen molar-refractivity contribution in [3.8, 4) is 5.88 Å². The Hall–Kier alpha value is -2.66. The van der Waals surface area contributed by atoms with Crippen molar-refractivity contribution in [3.63, 3.8) is 0 Å². The summed E-state index contributed by atoms with van der Waals surface area (Å²) in [7, 11) is 4.09. The van der Waals surface area contributed by atoms with E-state index in [1.54, 1.807) is 12.1 Å². The normalized spacial score (nSPS) is 11.1. The summed E-state index contributed by atoms with van der Waals surface area (Å²) in [6.45, 7) is 1.96. The highest BCUT2D eigenvalue weighted by Crippen LogP contribution is 2.19. The Bertz CT molecular complexity index is 846. The van der Waals surface area contributed by atoms with E-state index in [1.807, 2.05) is 49.1 Å². The standard InChI is InChI=1S/C22H26FN3O/c1-25(2)13-8-14-27-22-16-20(15-18-9-4-3-5-10-18)26(24-22)17-19-11-6-7-12-21(19)23/h3-7,9-12,16H,8,13-15,17H2,1-2H3. The molecule has 0 saturated carbocycles. The van der Waals surface area contributed by atoms with Crippen molar-refractivity contribution in [1.29, 1.82) is 0 Å². The Morgan fingerprint density at radius 2 is 1.78 bits per heavy atom. The van der Waals surface area contributed by atoms with Gasteiger partial charge in [0, 0.05) is 30.3 Å². The molecule has 0 radical (unpaired) electrons. The molecule has 0 aliphatic carbocycles. The summed E-state index contributed by atoms with van der Waals surface area (Å²) in [4.78, 5) is 2.13. The molecule has 0 aliphatic rings. The molecule has 0 N–H and O–H groups in total. The molecule has 0 spiro atoms. The van der Waals surface area contributed by atoms with Crippen molar-refractivity contribution >= 4 is 0 Å². The highest BCUT2D eigenvalue weighted by molar-refractivity contribution is 5.26. The van der Waals surface area contributed by atoms with Crippen molar-refractivity contribution < 1.29 is 9.13 Å². The lowest BCUT2D eigenvalue weighted by atomic mass is 10.1. The van der Waals surface area contributed by atoms with Gasteiger partial charge in [-0.3, -0.25) is 4.68 Å². The number of hydrogen-bond acceptors (Lipinski definition) is 3. The Labute approximate surface area is 160 Å². The summed E-state index contributed by atoms with van der Waals surface area (Å²) in [5.74, 6) is 0.378. The molecule has 0 saturated heterocycles. The number of hydrogen-bond donors (Lipinski definition) is 0. The predicted molar refractivity (Wildman–Crippen MR) is 106 cm³/mol. The molecule has 2 aromatic carbocycles. The third-order valence-corrected chi connectivity index (χ3v) is 4.35. The van der Waals surface area contributed by atoms with E-state index in [9.17, 15) is 4.39 Å². The molecule has 142 valence electrons. The van der Waals surface area contributed by atoms with Crippen LogP contribution in [0.1, 0.15) is 23.2 Å². The minimum atomic E-state index is -0.216. The van der Waals surface area contributed by atoms with Crippen LogP contribution in [-0.4, -0.2) is 41.9 Å². The third kappa shape index (κ3) is 5.66. The molecule has 0 atom stereocenters. The van der Waals surface area contributed by atoms with Crippen LogP contribution in [0.3, 0.4) is 0 Å². The van der Waals surface area contributed by atoms with Crippen LogP contribution in [0.4, 0.5) is 4.39 Å². The van der Waals surface area contributed by atoms with Gasteiger partial charge in [0.25, 0.3) is 0 Å². The van der Waals surface area contributed by atoms with Crippen LogP contribution in [0.2, 0.25) is 0 Å². The molecule has 1 heterocycles. The average molecular weight is 367 g/mol. The van der Waals surface area contributed by atoms with Gasteiger partial charge in [-0.15, -0.1) is 5.10 Å². The van der Waals surface area contributed by atoms with Gasteiger partial charge >= 0.3 is 0 Å². The highest BCUT2D eigenvalue weighted by atomic mass is 19.1. The molecule has 0 aliphatic heterocycles. The molecule has 1 aromatic heterocycles. The zero-order valence-electron chi connectivity index (χ0n) is 15.9. The Balaban J connectivity index is 1.77. The first-order chi connectivity index (χ1) is 13.1. The zero-order valence-corrected chi connectivity index (χ0v) is 15.9. The number of benzene rings is 2. The number of rotatable bonds is 9. The largest absolute Gasteiger partial charge is 0.477 e. The SMILES string of the molecule is CN(C)CCCOc1cc(Cc2ccccc2)n(Cc2ccccc2F)n1.